The lowest BCUT2D eigenvalue weighted by molar-refractivity contribution is -0.151. The van der Waals surface area contributed by atoms with Gasteiger partial charge < -0.3 is 14.4 Å². The van der Waals surface area contributed by atoms with Crippen molar-refractivity contribution in [3.05, 3.63) is 35.9 Å². The maximum Gasteiger partial charge on any atom is 0.328 e. The summed E-state index contributed by atoms with van der Waals surface area (Å²) in [5.74, 6) is -0.206. The number of carbonyl (C=O) groups excluding carboxylic acids is 2. The summed E-state index contributed by atoms with van der Waals surface area (Å²) in [6.07, 6.45) is 4.89. The molecule has 1 saturated carbocycles. The van der Waals surface area contributed by atoms with E-state index in [1.165, 1.54) is 12.7 Å². The summed E-state index contributed by atoms with van der Waals surface area (Å²) in [5, 5.41) is 0. The molecule has 1 aliphatic heterocycles. The van der Waals surface area contributed by atoms with Crippen LogP contribution in [0.3, 0.4) is 0 Å². The van der Waals surface area contributed by atoms with Gasteiger partial charge >= 0.3 is 5.97 Å². The minimum absolute atomic E-state index is 0.0825. The normalized spacial score (nSPS) is 27.3. The summed E-state index contributed by atoms with van der Waals surface area (Å²) in [7, 11) is 1.39. The molecule has 0 aromatic heterocycles. The van der Waals surface area contributed by atoms with Crippen molar-refractivity contribution in [2.24, 2.45) is 0 Å². The predicted molar refractivity (Wildman–Crippen MR) is 89.2 cm³/mol. The van der Waals surface area contributed by atoms with Crippen LogP contribution in [0.2, 0.25) is 0 Å². The summed E-state index contributed by atoms with van der Waals surface area (Å²) >= 11 is 0. The summed E-state index contributed by atoms with van der Waals surface area (Å²) in [5.41, 5.74) is 1.18. The lowest BCUT2D eigenvalue weighted by atomic mass is 9.91. The first-order valence-electron chi connectivity index (χ1n) is 8.73. The van der Waals surface area contributed by atoms with Crippen molar-refractivity contribution in [2.75, 3.05) is 7.11 Å². The first-order valence-corrected chi connectivity index (χ1v) is 8.73. The molecule has 1 amide bonds. The first kappa shape index (κ1) is 17.0. The molecular formula is C19H25NO4. The highest BCUT2D eigenvalue weighted by molar-refractivity contribution is 5.88. The van der Waals surface area contributed by atoms with Crippen LogP contribution in [0.4, 0.5) is 0 Å². The summed E-state index contributed by atoms with van der Waals surface area (Å²) in [6.45, 7) is 0.629. The van der Waals surface area contributed by atoms with Gasteiger partial charge in [0.2, 0.25) is 5.91 Å². The standard InChI is InChI=1S/C19H25NO4/c1-23-19(22)17-11-12-18(21)20(17)15-7-9-16(10-8-15)24-13-14-5-3-2-4-6-14/h2-6,15-17H,7-13H2,1H3. The first-order chi connectivity index (χ1) is 11.7. The van der Waals surface area contributed by atoms with Gasteiger partial charge in [-0.1, -0.05) is 30.3 Å². The quantitative estimate of drug-likeness (QED) is 0.779. The number of ether oxygens (including phenoxy) is 2. The molecule has 0 bridgehead atoms. The number of methoxy groups -OCH3 is 1. The van der Waals surface area contributed by atoms with Gasteiger partial charge in [0, 0.05) is 12.5 Å². The van der Waals surface area contributed by atoms with Gasteiger partial charge in [0.25, 0.3) is 0 Å². The molecule has 2 aliphatic rings. The Balaban J connectivity index is 1.51. The Morgan fingerprint density at radius 2 is 1.83 bits per heavy atom. The molecule has 1 unspecified atom stereocenters. The molecule has 1 atom stereocenters. The molecule has 1 aliphatic carbocycles. The molecule has 1 aromatic carbocycles. The third kappa shape index (κ3) is 3.78. The number of amides is 1. The van der Waals surface area contributed by atoms with Crippen LogP contribution in [0.5, 0.6) is 0 Å². The number of hydrogen-bond donors (Lipinski definition) is 0. The van der Waals surface area contributed by atoms with E-state index >= 15 is 0 Å². The topological polar surface area (TPSA) is 55.8 Å². The molecule has 1 heterocycles. The number of benzene rings is 1. The molecule has 130 valence electrons. The molecular weight excluding hydrogens is 306 g/mol. The Morgan fingerprint density at radius 1 is 1.12 bits per heavy atom. The molecule has 1 saturated heterocycles. The van der Waals surface area contributed by atoms with E-state index in [4.69, 9.17) is 9.47 Å². The van der Waals surface area contributed by atoms with Crippen LogP contribution in [0, 0.1) is 0 Å². The van der Waals surface area contributed by atoms with Crippen LogP contribution in [-0.4, -0.2) is 42.1 Å². The third-order valence-electron chi connectivity index (χ3n) is 5.09. The van der Waals surface area contributed by atoms with Gasteiger partial charge in [-0.2, -0.15) is 0 Å². The Bertz CT molecular complexity index is 566. The van der Waals surface area contributed by atoms with Crippen LogP contribution in [0.15, 0.2) is 30.3 Å². The molecule has 3 rings (SSSR count). The van der Waals surface area contributed by atoms with Gasteiger partial charge in [0.05, 0.1) is 19.8 Å². The monoisotopic (exact) mass is 331 g/mol. The van der Waals surface area contributed by atoms with Gasteiger partial charge in [-0.3, -0.25) is 4.79 Å². The number of hydrogen-bond acceptors (Lipinski definition) is 4. The van der Waals surface area contributed by atoms with Crippen LogP contribution < -0.4 is 0 Å². The van der Waals surface area contributed by atoms with E-state index in [1.807, 2.05) is 18.2 Å². The van der Waals surface area contributed by atoms with Gasteiger partial charge in [-0.05, 0) is 37.7 Å². The predicted octanol–water partition coefficient (Wildman–Crippen LogP) is 2.68. The second-order valence-electron chi connectivity index (χ2n) is 6.61. The highest BCUT2D eigenvalue weighted by Crippen LogP contribution is 2.32. The second-order valence-corrected chi connectivity index (χ2v) is 6.61. The molecule has 5 nitrogen and oxygen atoms in total. The van der Waals surface area contributed by atoms with Gasteiger partial charge in [-0.25, -0.2) is 4.79 Å². The summed E-state index contributed by atoms with van der Waals surface area (Å²) < 4.78 is 10.9. The van der Waals surface area contributed by atoms with Crippen molar-refractivity contribution >= 4 is 11.9 Å². The lowest BCUT2D eigenvalue weighted by Gasteiger charge is -2.37. The van der Waals surface area contributed by atoms with Gasteiger partial charge in [0.15, 0.2) is 0 Å². The summed E-state index contributed by atoms with van der Waals surface area (Å²) in [4.78, 5) is 25.9. The number of likely N-dealkylation sites (tertiary alicyclic amines) is 1. The van der Waals surface area contributed by atoms with Crippen molar-refractivity contribution in [3.63, 3.8) is 0 Å². The Morgan fingerprint density at radius 3 is 2.50 bits per heavy atom. The van der Waals surface area contributed by atoms with Crippen molar-refractivity contribution in [2.45, 2.75) is 63.3 Å². The van der Waals surface area contributed by atoms with Crippen molar-refractivity contribution < 1.29 is 19.1 Å². The zero-order chi connectivity index (χ0) is 16.9. The van der Waals surface area contributed by atoms with E-state index in [0.717, 1.165) is 25.7 Å². The van der Waals surface area contributed by atoms with E-state index in [1.54, 1.807) is 4.90 Å². The molecule has 24 heavy (non-hydrogen) atoms. The highest BCUT2D eigenvalue weighted by Gasteiger charge is 2.41. The van der Waals surface area contributed by atoms with Crippen LogP contribution >= 0.6 is 0 Å². The highest BCUT2D eigenvalue weighted by atomic mass is 16.5. The Hall–Kier alpha value is -1.88. The number of esters is 1. The lowest BCUT2D eigenvalue weighted by Crippen LogP contribution is -2.48. The fourth-order valence-corrected chi connectivity index (χ4v) is 3.81. The minimum atomic E-state index is -0.394. The maximum atomic E-state index is 12.2. The number of carbonyl (C=O) groups is 2. The SMILES string of the molecule is COC(=O)C1CCC(=O)N1C1CCC(OCc2ccccc2)CC1. The van der Waals surface area contributed by atoms with Crippen LogP contribution in [0.25, 0.3) is 0 Å². The minimum Gasteiger partial charge on any atom is -0.467 e. The fraction of sp³-hybridized carbons (Fsp3) is 0.579. The number of rotatable bonds is 5. The molecule has 0 radical (unpaired) electrons. The van der Waals surface area contributed by atoms with E-state index < -0.39 is 6.04 Å². The average Bonchev–Trinajstić information content (AvgIpc) is 3.02. The zero-order valence-corrected chi connectivity index (χ0v) is 14.1. The van der Waals surface area contributed by atoms with E-state index in [0.29, 0.717) is 19.4 Å². The van der Waals surface area contributed by atoms with E-state index in [9.17, 15) is 9.59 Å². The third-order valence-corrected chi connectivity index (χ3v) is 5.09. The largest absolute Gasteiger partial charge is 0.467 e. The van der Waals surface area contributed by atoms with E-state index in [2.05, 4.69) is 12.1 Å². The van der Waals surface area contributed by atoms with E-state index in [-0.39, 0.29) is 24.0 Å². The van der Waals surface area contributed by atoms with Crippen molar-refractivity contribution in [1.29, 1.82) is 0 Å². The van der Waals surface area contributed by atoms with Crippen LogP contribution in [-0.2, 0) is 25.7 Å². The summed E-state index contributed by atoms with van der Waals surface area (Å²) in [6, 6.07) is 9.91. The molecule has 0 N–H and O–H groups in total. The van der Waals surface area contributed by atoms with Crippen molar-refractivity contribution in [3.8, 4) is 0 Å². The maximum absolute atomic E-state index is 12.2. The Kier molecular flexibility index (Phi) is 5.51. The molecule has 1 aromatic rings. The molecule has 2 fully saturated rings. The molecule has 5 heteroatoms. The fourth-order valence-electron chi connectivity index (χ4n) is 3.81. The molecule has 0 spiro atoms. The zero-order valence-electron chi connectivity index (χ0n) is 14.1. The van der Waals surface area contributed by atoms with Crippen molar-refractivity contribution in [1.82, 2.24) is 4.90 Å². The smallest absolute Gasteiger partial charge is 0.328 e. The van der Waals surface area contributed by atoms with Gasteiger partial charge in [0.1, 0.15) is 6.04 Å². The van der Waals surface area contributed by atoms with Gasteiger partial charge in [-0.15, -0.1) is 0 Å². The Labute approximate surface area is 142 Å². The number of nitrogens with zero attached hydrogens (tertiary/aromatic N) is 1. The van der Waals surface area contributed by atoms with Crippen LogP contribution in [0.1, 0.15) is 44.1 Å². The second kappa shape index (κ2) is 7.79. The average molecular weight is 331 g/mol.